The first-order chi connectivity index (χ1) is 10.1. The molecular weight excluding hydrogens is 284 g/mol. The highest BCUT2D eigenvalue weighted by molar-refractivity contribution is 5.90. The van der Waals surface area contributed by atoms with Crippen LogP contribution >= 0.6 is 0 Å². The van der Waals surface area contributed by atoms with Gasteiger partial charge in [-0.2, -0.15) is 0 Å². The van der Waals surface area contributed by atoms with Gasteiger partial charge in [0.1, 0.15) is 0 Å². The molecule has 22 heavy (non-hydrogen) atoms. The number of nitro groups is 1. The fraction of sp³-hybridized carbons (Fsp3) is 0.562. The number of hydroxylamine groups is 2. The van der Waals surface area contributed by atoms with Crippen molar-refractivity contribution in [3.05, 3.63) is 39.9 Å². The summed E-state index contributed by atoms with van der Waals surface area (Å²) in [7, 11) is 0. The Morgan fingerprint density at radius 3 is 2.36 bits per heavy atom. The minimum absolute atomic E-state index is 0.119. The first-order valence-electron chi connectivity index (χ1n) is 7.41. The first kappa shape index (κ1) is 16.4. The third-order valence-corrected chi connectivity index (χ3v) is 4.14. The molecule has 0 spiro atoms. The molecule has 120 valence electrons. The number of benzene rings is 1. The van der Waals surface area contributed by atoms with Crippen LogP contribution in [0.15, 0.2) is 24.3 Å². The molecule has 1 aromatic carbocycles. The van der Waals surface area contributed by atoms with Gasteiger partial charge >= 0.3 is 5.97 Å². The second-order valence-corrected chi connectivity index (χ2v) is 6.96. The van der Waals surface area contributed by atoms with Crippen LogP contribution in [0.3, 0.4) is 0 Å². The van der Waals surface area contributed by atoms with E-state index in [1.165, 1.54) is 24.3 Å². The number of carbonyl (C=O) groups excluding carboxylic acids is 1. The van der Waals surface area contributed by atoms with E-state index < -0.39 is 10.9 Å². The van der Waals surface area contributed by atoms with E-state index in [2.05, 4.69) is 0 Å². The summed E-state index contributed by atoms with van der Waals surface area (Å²) < 4.78 is 0. The first-order valence-corrected chi connectivity index (χ1v) is 7.41. The Kier molecular flexibility index (Phi) is 4.24. The van der Waals surface area contributed by atoms with Crippen molar-refractivity contribution >= 4 is 11.7 Å². The van der Waals surface area contributed by atoms with Gasteiger partial charge in [0.25, 0.3) is 5.69 Å². The summed E-state index contributed by atoms with van der Waals surface area (Å²) in [5, 5.41) is 12.6. The molecule has 1 aliphatic heterocycles. The number of hydrogen-bond donors (Lipinski definition) is 0. The Morgan fingerprint density at radius 2 is 1.82 bits per heavy atom. The summed E-state index contributed by atoms with van der Waals surface area (Å²) in [6.07, 6.45) is 2.93. The number of nitrogens with zero attached hydrogens (tertiary/aromatic N) is 2. The molecule has 6 nitrogen and oxygen atoms in total. The fourth-order valence-corrected chi connectivity index (χ4v) is 3.11. The molecule has 1 aliphatic rings. The number of non-ortho nitro benzene ring substituents is 1. The van der Waals surface area contributed by atoms with Crippen LogP contribution in [-0.4, -0.2) is 27.0 Å². The molecule has 2 rings (SSSR count). The molecule has 1 aromatic rings. The lowest BCUT2D eigenvalue weighted by Crippen LogP contribution is -2.58. The summed E-state index contributed by atoms with van der Waals surface area (Å²) in [6.45, 7) is 8.15. The van der Waals surface area contributed by atoms with Crippen LogP contribution in [0.2, 0.25) is 0 Å². The molecule has 0 aromatic heterocycles. The van der Waals surface area contributed by atoms with Crippen LogP contribution in [0.4, 0.5) is 5.69 Å². The molecule has 6 heteroatoms. The van der Waals surface area contributed by atoms with Gasteiger partial charge < -0.3 is 4.84 Å². The number of nitro benzene ring substituents is 1. The molecule has 0 atom stereocenters. The van der Waals surface area contributed by atoms with E-state index in [1.54, 1.807) is 5.06 Å². The van der Waals surface area contributed by atoms with E-state index in [4.69, 9.17) is 4.84 Å². The van der Waals surface area contributed by atoms with E-state index in [1.807, 2.05) is 27.7 Å². The van der Waals surface area contributed by atoms with Crippen LogP contribution in [0.1, 0.15) is 57.3 Å². The summed E-state index contributed by atoms with van der Waals surface area (Å²) >= 11 is 0. The van der Waals surface area contributed by atoms with E-state index in [-0.39, 0.29) is 22.3 Å². The van der Waals surface area contributed by atoms with Gasteiger partial charge in [-0.05, 0) is 53.0 Å². The topological polar surface area (TPSA) is 72.7 Å². The number of hydrogen-bond acceptors (Lipinski definition) is 5. The lowest BCUT2D eigenvalue weighted by atomic mass is 9.82. The summed E-state index contributed by atoms with van der Waals surface area (Å²) in [5.41, 5.74) is -0.464. The molecule has 0 amide bonds. The average molecular weight is 306 g/mol. The van der Waals surface area contributed by atoms with Gasteiger partial charge in [0.2, 0.25) is 0 Å². The summed E-state index contributed by atoms with van der Waals surface area (Å²) in [4.78, 5) is 28.3. The second-order valence-electron chi connectivity index (χ2n) is 6.96. The van der Waals surface area contributed by atoms with Crippen molar-refractivity contribution in [1.82, 2.24) is 5.06 Å². The van der Waals surface area contributed by atoms with Crippen LogP contribution in [0.5, 0.6) is 0 Å². The van der Waals surface area contributed by atoms with E-state index in [0.29, 0.717) is 0 Å². The number of piperidine rings is 1. The van der Waals surface area contributed by atoms with Gasteiger partial charge in [-0.15, -0.1) is 5.06 Å². The lowest BCUT2D eigenvalue weighted by molar-refractivity contribution is -0.384. The lowest BCUT2D eigenvalue weighted by Gasteiger charge is -2.50. The maximum absolute atomic E-state index is 12.4. The summed E-state index contributed by atoms with van der Waals surface area (Å²) in [5.74, 6) is -0.563. The van der Waals surface area contributed by atoms with Crippen LogP contribution in [-0.2, 0) is 4.84 Å². The third kappa shape index (κ3) is 3.27. The minimum Gasteiger partial charge on any atom is -0.363 e. The van der Waals surface area contributed by atoms with Gasteiger partial charge in [0.15, 0.2) is 0 Å². The smallest absolute Gasteiger partial charge is 0.357 e. The molecule has 1 saturated heterocycles. The Balaban J connectivity index is 2.23. The van der Waals surface area contributed by atoms with Gasteiger partial charge in [0, 0.05) is 12.1 Å². The highest BCUT2D eigenvalue weighted by Crippen LogP contribution is 2.38. The van der Waals surface area contributed by atoms with Crippen molar-refractivity contribution in [2.45, 2.75) is 58.0 Å². The molecule has 0 radical (unpaired) electrons. The van der Waals surface area contributed by atoms with Crippen LogP contribution in [0.25, 0.3) is 0 Å². The Bertz CT molecular complexity index is 580. The molecule has 0 aliphatic carbocycles. The maximum atomic E-state index is 12.4. The van der Waals surface area contributed by atoms with Crippen LogP contribution in [0, 0.1) is 10.1 Å². The van der Waals surface area contributed by atoms with E-state index in [0.717, 1.165) is 19.3 Å². The predicted octanol–water partition coefficient (Wildman–Crippen LogP) is 3.71. The zero-order valence-electron chi connectivity index (χ0n) is 13.5. The molecule has 1 heterocycles. The Morgan fingerprint density at radius 1 is 1.23 bits per heavy atom. The largest absolute Gasteiger partial charge is 0.363 e. The van der Waals surface area contributed by atoms with Crippen LogP contribution < -0.4 is 0 Å². The van der Waals surface area contributed by atoms with E-state index in [9.17, 15) is 14.9 Å². The quantitative estimate of drug-likeness (QED) is 0.628. The Labute approximate surface area is 130 Å². The molecule has 1 fully saturated rings. The molecule has 0 unspecified atom stereocenters. The highest BCUT2D eigenvalue weighted by atomic mass is 16.7. The fourth-order valence-electron chi connectivity index (χ4n) is 3.11. The molecule has 0 N–H and O–H groups in total. The third-order valence-electron chi connectivity index (χ3n) is 4.14. The maximum Gasteiger partial charge on any atom is 0.357 e. The Hall–Kier alpha value is -1.95. The average Bonchev–Trinajstić information content (AvgIpc) is 2.42. The molecule has 0 saturated carbocycles. The highest BCUT2D eigenvalue weighted by Gasteiger charge is 2.44. The van der Waals surface area contributed by atoms with Gasteiger partial charge in [-0.3, -0.25) is 10.1 Å². The van der Waals surface area contributed by atoms with Gasteiger partial charge in [-0.25, -0.2) is 4.79 Å². The van der Waals surface area contributed by atoms with E-state index >= 15 is 0 Å². The van der Waals surface area contributed by atoms with Crippen molar-refractivity contribution in [2.75, 3.05) is 0 Å². The van der Waals surface area contributed by atoms with Gasteiger partial charge in [-0.1, -0.05) is 6.07 Å². The molecular formula is C16H22N2O4. The SMILES string of the molecule is CC1(C)CCCC(C)(C)N1OC(=O)c1cccc([N+](=O)[O-])c1. The normalized spacial score (nSPS) is 20.4. The zero-order valence-corrected chi connectivity index (χ0v) is 13.5. The van der Waals surface area contributed by atoms with Crippen molar-refractivity contribution < 1.29 is 14.6 Å². The standard InChI is InChI=1S/C16H22N2O4/c1-15(2)9-6-10-16(3,4)18(15)22-14(19)12-7-5-8-13(11-12)17(20)21/h5,7-8,11H,6,9-10H2,1-4H3. The predicted molar refractivity (Wildman–Crippen MR) is 82.4 cm³/mol. The van der Waals surface area contributed by atoms with Gasteiger partial charge in [0.05, 0.1) is 21.6 Å². The van der Waals surface area contributed by atoms with Crippen molar-refractivity contribution in [3.8, 4) is 0 Å². The molecule has 0 bridgehead atoms. The minimum atomic E-state index is -0.563. The zero-order chi connectivity index (χ0) is 16.5. The second kappa shape index (κ2) is 5.68. The van der Waals surface area contributed by atoms with Crippen molar-refractivity contribution in [1.29, 1.82) is 0 Å². The van der Waals surface area contributed by atoms with Crippen molar-refractivity contribution in [2.24, 2.45) is 0 Å². The summed E-state index contributed by atoms with van der Waals surface area (Å²) in [6, 6.07) is 5.61. The number of rotatable bonds is 3. The van der Waals surface area contributed by atoms with Crippen molar-refractivity contribution in [3.63, 3.8) is 0 Å². The monoisotopic (exact) mass is 306 g/mol. The number of carbonyl (C=O) groups is 1.